The van der Waals surface area contributed by atoms with Crippen molar-refractivity contribution in [3.63, 3.8) is 0 Å². The topological polar surface area (TPSA) is 12.0 Å². The monoisotopic (exact) mass is 259 g/mol. The van der Waals surface area contributed by atoms with Gasteiger partial charge < -0.3 is 5.32 Å². The van der Waals surface area contributed by atoms with E-state index < -0.39 is 0 Å². The lowest BCUT2D eigenvalue weighted by atomic mass is 9.76. The van der Waals surface area contributed by atoms with E-state index in [0.29, 0.717) is 6.04 Å². The van der Waals surface area contributed by atoms with Gasteiger partial charge in [-0.25, -0.2) is 0 Å². The van der Waals surface area contributed by atoms with Gasteiger partial charge in [-0.15, -0.1) is 0 Å². The van der Waals surface area contributed by atoms with Gasteiger partial charge in [-0.2, -0.15) is 0 Å². The van der Waals surface area contributed by atoms with Crippen molar-refractivity contribution in [2.75, 3.05) is 6.54 Å². The maximum atomic E-state index is 3.81. The van der Waals surface area contributed by atoms with E-state index in [-0.39, 0.29) is 0 Å². The van der Waals surface area contributed by atoms with Crippen molar-refractivity contribution in [3.8, 4) is 0 Å². The molecule has 106 valence electrons. The molecule has 1 aliphatic carbocycles. The van der Waals surface area contributed by atoms with Crippen LogP contribution >= 0.6 is 0 Å². The second-order valence-corrected chi connectivity index (χ2v) is 6.31. The summed E-state index contributed by atoms with van der Waals surface area (Å²) in [6.45, 7) is 8.04. The molecule has 0 radical (unpaired) electrons. The second-order valence-electron chi connectivity index (χ2n) is 6.31. The summed E-state index contributed by atoms with van der Waals surface area (Å²) in [7, 11) is 0. The predicted octanol–water partition coefficient (Wildman–Crippen LogP) is 4.86. The van der Waals surface area contributed by atoms with Crippen LogP contribution in [0.3, 0.4) is 0 Å². The Morgan fingerprint density at radius 3 is 2.47 bits per heavy atom. The highest BCUT2D eigenvalue weighted by atomic mass is 14.9. The van der Waals surface area contributed by atoms with Gasteiger partial charge in [0.05, 0.1) is 0 Å². The number of rotatable bonds is 5. The summed E-state index contributed by atoms with van der Waals surface area (Å²) in [6.07, 6.45) is 6.79. The van der Waals surface area contributed by atoms with Gasteiger partial charge in [0.25, 0.3) is 0 Å². The molecule has 1 fully saturated rings. The normalized spacial score (nSPS) is 25.2. The third-order valence-electron chi connectivity index (χ3n) is 4.67. The third-order valence-corrected chi connectivity index (χ3v) is 4.67. The molecule has 1 saturated carbocycles. The summed E-state index contributed by atoms with van der Waals surface area (Å²) >= 11 is 0. The van der Waals surface area contributed by atoms with E-state index in [1.54, 1.807) is 0 Å². The SMILES string of the molecule is CCCNC(c1ccccc1C)C1CCC(C)CC1. The maximum Gasteiger partial charge on any atom is 0.0351 e. The summed E-state index contributed by atoms with van der Waals surface area (Å²) < 4.78 is 0. The zero-order valence-corrected chi connectivity index (χ0v) is 12.8. The van der Waals surface area contributed by atoms with E-state index in [2.05, 4.69) is 50.4 Å². The Morgan fingerprint density at radius 1 is 1.16 bits per heavy atom. The van der Waals surface area contributed by atoms with Gasteiger partial charge in [0.15, 0.2) is 0 Å². The van der Waals surface area contributed by atoms with Gasteiger partial charge >= 0.3 is 0 Å². The van der Waals surface area contributed by atoms with Crippen LogP contribution in [0.5, 0.6) is 0 Å². The number of nitrogens with one attached hydrogen (secondary N) is 1. The lowest BCUT2D eigenvalue weighted by molar-refractivity contribution is 0.231. The van der Waals surface area contributed by atoms with Crippen molar-refractivity contribution >= 4 is 0 Å². The van der Waals surface area contributed by atoms with Gasteiger partial charge in [0.1, 0.15) is 0 Å². The minimum Gasteiger partial charge on any atom is -0.310 e. The van der Waals surface area contributed by atoms with Gasteiger partial charge in [-0.1, -0.05) is 51.0 Å². The first-order valence-electron chi connectivity index (χ1n) is 8.01. The van der Waals surface area contributed by atoms with E-state index in [1.165, 1.54) is 43.2 Å². The summed E-state index contributed by atoms with van der Waals surface area (Å²) in [5.41, 5.74) is 2.96. The highest BCUT2D eigenvalue weighted by molar-refractivity contribution is 5.29. The predicted molar refractivity (Wildman–Crippen MR) is 83.3 cm³/mol. The fourth-order valence-corrected chi connectivity index (χ4v) is 3.39. The number of hydrogen-bond donors (Lipinski definition) is 1. The van der Waals surface area contributed by atoms with Gasteiger partial charge in [-0.05, 0) is 55.7 Å². The lowest BCUT2D eigenvalue weighted by Gasteiger charge is -2.34. The molecule has 0 amide bonds. The molecular weight excluding hydrogens is 230 g/mol. The maximum absolute atomic E-state index is 3.81. The average molecular weight is 259 g/mol. The first-order chi connectivity index (χ1) is 9.22. The minimum atomic E-state index is 0.564. The molecule has 0 bridgehead atoms. The molecule has 1 unspecified atom stereocenters. The molecule has 1 aliphatic rings. The fourth-order valence-electron chi connectivity index (χ4n) is 3.39. The molecule has 0 heterocycles. The highest BCUT2D eigenvalue weighted by Gasteiger charge is 2.27. The molecule has 1 aromatic rings. The Morgan fingerprint density at radius 2 is 1.84 bits per heavy atom. The Hall–Kier alpha value is -0.820. The molecule has 1 nitrogen and oxygen atoms in total. The van der Waals surface area contributed by atoms with Crippen LogP contribution in [0.4, 0.5) is 0 Å². The summed E-state index contributed by atoms with van der Waals surface area (Å²) in [6, 6.07) is 9.48. The molecule has 1 N–H and O–H groups in total. The van der Waals surface area contributed by atoms with Crippen molar-refractivity contribution in [1.82, 2.24) is 5.32 Å². The van der Waals surface area contributed by atoms with Crippen LogP contribution in [0.15, 0.2) is 24.3 Å². The molecular formula is C18H29N. The highest BCUT2D eigenvalue weighted by Crippen LogP contribution is 2.37. The van der Waals surface area contributed by atoms with Crippen molar-refractivity contribution < 1.29 is 0 Å². The van der Waals surface area contributed by atoms with E-state index in [1.807, 2.05) is 0 Å². The van der Waals surface area contributed by atoms with E-state index in [4.69, 9.17) is 0 Å². The standard InChI is InChI=1S/C18H29N/c1-4-13-19-18(16-11-9-14(2)10-12-16)17-8-6-5-7-15(17)3/h5-8,14,16,18-19H,4,9-13H2,1-3H3. The van der Waals surface area contributed by atoms with Crippen molar-refractivity contribution in [3.05, 3.63) is 35.4 Å². The Labute approximate surface area is 118 Å². The molecule has 0 aliphatic heterocycles. The zero-order valence-electron chi connectivity index (χ0n) is 12.8. The minimum absolute atomic E-state index is 0.564. The molecule has 19 heavy (non-hydrogen) atoms. The smallest absolute Gasteiger partial charge is 0.0351 e. The zero-order chi connectivity index (χ0) is 13.7. The molecule has 0 saturated heterocycles. The van der Waals surface area contributed by atoms with E-state index in [0.717, 1.165) is 18.4 Å². The quantitative estimate of drug-likeness (QED) is 0.796. The average Bonchev–Trinajstić information content (AvgIpc) is 2.43. The number of hydrogen-bond acceptors (Lipinski definition) is 1. The van der Waals surface area contributed by atoms with Gasteiger partial charge in [0.2, 0.25) is 0 Å². The van der Waals surface area contributed by atoms with E-state index in [9.17, 15) is 0 Å². The number of benzene rings is 1. The first-order valence-corrected chi connectivity index (χ1v) is 8.01. The van der Waals surface area contributed by atoms with Crippen LogP contribution in [0, 0.1) is 18.8 Å². The van der Waals surface area contributed by atoms with Crippen molar-refractivity contribution in [1.29, 1.82) is 0 Å². The van der Waals surface area contributed by atoms with Crippen LogP contribution in [-0.2, 0) is 0 Å². The molecule has 1 aromatic carbocycles. The van der Waals surface area contributed by atoms with Crippen LogP contribution in [0.2, 0.25) is 0 Å². The molecule has 0 spiro atoms. The van der Waals surface area contributed by atoms with Gasteiger partial charge in [-0.3, -0.25) is 0 Å². The molecule has 2 rings (SSSR count). The molecule has 1 heteroatoms. The second kappa shape index (κ2) is 7.09. The van der Waals surface area contributed by atoms with Crippen LogP contribution in [-0.4, -0.2) is 6.54 Å². The first kappa shape index (κ1) is 14.6. The van der Waals surface area contributed by atoms with Crippen LogP contribution in [0.1, 0.15) is 63.1 Å². The van der Waals surface area contributed by atoms with E-state index >= 15 is 0 Å². The van der Waals surface area contributed by atoms with Crippen LogP contribution < -0.4 is 5.32 Å². The molecule has 1 atom stereocenters. The van der Waals surface area contributed by atoms with Gasteiger partial charge in [0, 0.05) is 6.04 Å². The van der Waals surface area contributed by atoms with Crippen molar-refractivity contribution in [2.24, 2.45) is 11.8 Å². The summed E-state index contributed by atoms with van der Waals surface area (Å²) in [4.78, 5) is 0. The fraction of sp³-hybridized carbons (Fsp3) is 0.667. The lowest BCUT2D eigenvalue weighted by Crippen LogP contribution is -2.31. The Balaban J connectivity index is 2.13. The Kier molecular flexibility index (Phi) is 5.45. The summed E-state index contributed by atoms with van der Waals surface area (Å²) in [5.74, 6) is 1.75. The Bertz CT molecular complexity index is 377. The largest absolute Gasteiger partial charge is 0.310 e. The third kappa shape index (κ3) is 3.82. The summed E-state index contributed by atoms with van der Waals surface area (Å²) in [5, 5.41) is 3.81. The molecule has 0 aromatic heterocycles. The van der Waals surface area contributed by atoms with Crippen molar-refractivity contribution in [2.45, 2.75) is 58.9 Å². The van der Waals surface area contributed by atoms with Crippen LogP contribution in [0.25, 0.3) is 0 Å². The number of aryl methyl sites for hydroxylation is 1.